The summed E-state index contributed by atoms with van der Waals surface area (Å²) in [5, 5.41) is 0. The molecule has 0 unspecified atom stereocenters. The first kappa shape index (κ1) is 12.8. The summed E-state index contributed by atoms with van der Waals surface area (Å²) in [6, 6.07) is 2.26. The van der Waals surface area contributed by atoms with Crippen LogP contribution in [0.3, 0.4) is 0 Å². The van der Waals surface area contributed by atoms with Crippen molar-refractivity contribution < 1.29 is 21.6 Å². The molecule has 0 spiro atoms. The van der Waals surface area contributed by atoms with Crippen LogP contribution in [0.5, 0.6) is 0 Å². The van der Waals surface area contributed by atoms with E-state index in [1.165, 1.54) is 0 Å². The summed E-state index contributed by atoms with van der Waals surface area (Å²) < 4.78 is 58.0. The van der Waals surface area contributed by atoms with Crippen LogP contribution in [0.1, 0.15) is 5.56 Å². The van der Waals surface area contributed by atoms with E-state index in [0.717, 1.165) is 12.1 Å². The van der Waals surface area contributed by atoms with Gasteiger partial charge in [0.1, 0.15) is 0 Å². The summed E-state index contributed by atoms with van der Waals surface area (Å²) in [5.41, 5.74) is -0.952. The first-order valence-corrected chi connectivity index (χ1v) is 6.54. The molecule has 0 bridgehead atoms. The predicted molar refractivity (Wildman–Crippen MR) is 52.2 cm³/mol. The van der Waals surface area contributed by atoms with Gasteiger partial charge in [-0.1, -0.05) is 15.9 Å². The average molecular weight is 324 g/mol. The second-order valence-electron chi connectivity index (χ2n) is 2.58. The molecule has 0 radical (unpaired) electrons. The lowest BCUT2D eigenvalue weighted by atomic mass is 10.2. The summed E-state index contributed by atoms with van der Waals surface area (Å²) in [4.78, 5) is -0.385. The maximum atomic E-state index is 12.3. The smallest absolute Gasteiger partial charge is 0.207 e. The fraction of sp³-hybridized carbons (Fsp3) is 0.143. The van der Waals surface area contributed by atoms with Crippen LogP contribution in [0.4, 0.5) is 13.2 Å². The van der Waals surface area contributed by atoms with E-state index in [0.29, 0.717) is 6.07 Å². The van der Waals surface area contributed by atoms with Gasteiger partial charge in [0.2, 0.25) is 0 Å². The first-order valence-electron chi connectivity index (χ1n) is 3.44. The molecule has 84 valence electrons. The van der Waals surface area contributed by atoms with E-state index in [-0.39, 0.29) is 9.37 Å². The molecular weight excluding hydrogens is 320 g/mol. The van der Waals surface area contributed by atoms with Gasteiger partial charge in [0, 0.05) is 15.2 Å². The Bertz CT molecular complexity index is 483. The number of alkyl halides is 3. The van der Waals surface area contributed by atoms with Crippen molar-refractivity contribution in [3.8, 4) is 0 Å². The number of rotatable bonds is 1. The number of halogens is 5. The van der Waals surface area contributed by atoms with E-state index < -0.39 is 20.8 Å². The second kappa shape index (κ2) is 3.95. The number of hydrogen-bond donors (Lipinski definition) is 0. The maximum absolute atomic E-state index is 12.3. The van der Waals surface area contributed by atoms with E-state index in [2.05, 4.69) is 15.9 Å². The highest BCUT2D eigenvalue weighted by molar-refractivity contribution is 9.10. The minimum Gasteiger partial charge on any atom is -0.207 e. The summed E-state index contributed by atoms with van der Waals surface area (Å²) in [5.74, 6) is 0. The summed E-state index contributed by atoms with van der Waals surface area (Å²) in [7, 11) is 0.955. The van der Waals surface area contributed by atoms with Crippen LogP contribution in [0, 0.1) is 0 Å². The summed E-state index contributed by atoms with van der Waals surface area (Å²) in [6.45, 7) is 0. The summed E-state index contributed by atoms with van der Waals surface area (Å²) in [6.07, 6.45) is -4.53. The molecule has 0 aliphatic carbocycles. The molecule has 0 saturated heterocycles. The topological polar surface area (TPSA) is 34.1 Å². The van der Waals surface area contributed by atoms with E-state index >= 15 is 0 Å². The summed E-state index contributed by atoms with van der Waals surface area (Å²) >= 11 is 2.63. The molecule has 0 heterocycles. The molecule has 1 rings (SSSR count). The highest BCUT2D eigenvalue weighted by Crippen LogP contribution is 2.36. The second-order valence-corrected chi connectivity index (χ2v) is 6.00. The molecule has 1 aromatic rings. The molecule has 8 heteroatoms. The molecule has 0 N–H and O–H groups in total. The van der Waals surface area contributed by atoms with Crippen molar-refractivity contribution in [3.63, 3.8) is 0 Å². The van der Waals surface area contributed by atoms with E-state index in [1.807, 2.05) is 0 Å². The van der Waals surface area contributed by atoms with E-state index in [4.69, 9.17) is 10.7 Å². The van der Waals surface area contributed by atoms with Gasteiger partial charge in [0.15, 0.2) is 0 Å². The number of hydrogen-bond acceptors (Lipinski definition) is 2. The Morgan fingerprint density at radius 1 is 1.27 bits per heavy atom. The van der Waals surface area contributed by atoms with Crippen molar-refractivity contribution in [1.82, 2.24) is 0 Å². The lowest BCUT2D eigenvalue weighted by Gasteiger charge is -2.09. The van der Waals surface area contributed by atoms with Gasteiger partial charge >= 0.3 is 6.18 Å². The zero-order valence-electron chi connectivity index (χ0n) is 6.85. The van der Waals surface area contributed by atoms with Crippen LogP contribution in [-0.4, -0.2) is 8.42 Å². The molecule has 0 aromatic heterocycles. The molecule has 0 fully saturated rings. The van der Waals surface area contributed by atoms with Crippen molar-refractivity contribution >= 4 is 35.7 Å². The van der Waals surface area contributed by atoms with Crippen LogP contribution >= 0.6 is 26.6 Å². The molecule has 0 aliphatic heterocycles. The molecule has 0 amide bonds. The fourth-order valence-electron chi connectivity index (χ4n) is 0.877. The van der Waals surface area contributed by atoms with Crippen LogP contribution in [0.25, 0.3) is 0 Å². The van der Waals surface area contributed by atoms with Crippen molar-refractivity contribution in [2.75, 3.05) is 0 Å². The molecule has 0 aliphatic rings. The molecule has 2 nitrogen and oxygen atoms in total. The Hall–Kier alpha value is -0.270. The Morgan fingerprint density at radius 2 is 1.80 bits per heavy atom. The monoisotopic (exact) mass is 322 g/mol. The zero-order valence-corrected chi connectivity index (χ0v) is 10.0. The van der Waals surface area contributed by atoms with Crippen LogP contribution < -0.4 is 0 Å². The Labute approximate surface area is 96.6 Å². The van der Waals surface area contributed by atoms with Crippen LogP contribution in [0.2, 0.25) is 0 Å². The third-order valence-corrected chi connectivity index (χ3v) is 3.54. The maximum Gasteiger partial charge on any atom is 0.417 e. The standard InChI is InChI=1S/C7H3BrClF3O2S/c8-6-3-4(15(9,13)14)1-2-5(6)7(10,11)12/h1-3H. The SMILES string of the molecule is O=S(=O)(Cl)c1ccc(C(F)(F)F)c(Br)c1. The highest BCUT2D eigenvalue weighted by Gasteiger charge is 2.33. The third-order valence-electron chi connectivity index (χ3n) is 1.53. The van der Waals surface area contributed by atoms with E-state index in [9.17, 15) is 21.6 Å². The molecular formula is C7H3BrClF3O2S. The first-order chi connectivity index (χ1) is 6.62. The zero-order chi connectivity index (χ0) is 11.9. The lowest BCUT2D eigenvalue weighted by Crippen LogP contribution is -2.06. The largest absolute Gasteiger partial charge is 0.417 e. The minimum absolute atomic E-state index is 0.364. The lowest BCUT2D eigenvalue weighted by molar-refractivity contribution is -0.138. The molecule has 15 heavy (non-hydrogen) atoms. The number of benzene rings is 1. The predicted octanol–water partition coefficient (Wildman–Crippen LogP) is 3.40. The Kier molecular flexibility index (Phi) is 3.37. The van der Waals surface area contributed by atoms with Gasteiger partial charge in [-0.3, -0.25) is 0 Å². The van der Waals surface area contributed by atoms with Gasteiger partial charge < -0.3 is 0 Å². The van der Waals surface area contributed by atoms with E-state index in [1.54, 1.807) is 0 Å². The van der Waals surface area contributed by atoms with Crippen molar-refractivity contribution in [1.29, 1.82) is 0 Å². The van der Waals surface area contributed by atoms with Gasteiger partial charge in [-0.15, -0.1) is 0 Å². The van der Waals surface area contributed by atoms with Crippen LogP contribution in [0.15, 0.2) is 27.6 Å². The van der Waals surface area contributed by atoms with Gasteiger partial charge in [0.05, 0.1) is 10.5 Å². The molecule has 0 saturated carbocycles. The normalized spacial score (nSPS) is 12.9. The quantitative estimate of drug-likeness (QED) is 0.742. The fourth-order valence-corrected chi connectivity index (χ4v) is 2.41. The average Bonchev–Trinajstić information content (AvgIpc) is 1.99. The van der Waals surface area contributed by atoms with Crippen molar-refractivity contribution in [2.24, 2.45) is 0 Å². The molecule has 1 aromatic carbocycles. The van der Waals surface area contributed by atoms with Gasteiger partial charge in [0.25, 0.3) is 9.05 Å². The van der Waals surface area contributed by atoms with Gasteiger partial charge in [-0.25, -0.2) is 8.42 Å². The third kappa shape index (κ3) is 3.09. The Morgan fingerprint density at radius 3 is 2.13 bits per heavy atom. The van der Waals surface area contributed by atoms with Crippen molar-refractivity contribution in [2.45, 2.75) is 11.1 Å². The van der Waals surface area contributed by atoms with Gasteiger partial charge in [-0.05, 0) is 18.2 Å². The Balaban J connectivity index is 3.34. The highest BCUT2D eigenvalue weighted by atomic mass is 79.9. The van der Waals surface area contributed by atoms with Crippen LogP contribution in [-0.2, 0) is 15.2 Å². The minimum atomic E-state index is -4.53. The molecule has 0 atom stereocenters. The van der Waals surface area contributed by atoms with Crippen molar-refractivity contribution in [3.05, 3.63) is 28.2 Å². The van der Waals surface area contributed by atoms with Gasteiger partial charge in [-0.2, -0.15) is 13.2 Å².